The van der Waals surface area contributed by atoms with Gasteiger partial charge in [0.15, 0.2) is 11.6 Å². The topological polar surface area (TPSA) is 69.9 Å². The van der Waals surface area contributed by atoms with Crippen LogP contribution in [0, 0.1) is 0 Å². The Morgan fingerprint density at radius 2 is 1.18 bits per heavy atom. The molecule has 0 saturated carbocycles. The zero-order valence-corrected chi connectivity index (χ0v) is 26.3. The average molecular weight is 665 g/mol. The lowest BCUT2D eigenvalue weighted by atomic mass is 10.0. The summed E-state index contributed by atoms with van der Waals surface area (Å²) in [7, 11) is 0. The van der Waals surface area contributed by atoms with Crippen LogP contribution >= 0.6 is 0 Å². The first kappa shape index (κ1) is 19.8. The van der Waals surface area contributed by atoms with E-state index < -0.39 is 60.4 Å². The first-order chi connectivity index (χ1) is 29.4. The quantitative estimate of drug-likeness (QED) is 0.187. The second-order valence-electron chi connectivity index (χ2n) is 12.0. The van der Waals surface area contributed by atoms with Crippen molar-refractivity contribution in [1.29, 1.82) is 0 Å². The van der Waals surface area contributed by atoms with Crippen molar-refractivity contribution in [3.05, 3.63) is 157 Å². The van der Waals surface area contributed by atoms with E-state index in [9.17, 15) is 5.48 Å². The highest BCUT2D eigenvalue weighted by atomic mass is 16.3. The highest BCUT2D eigenvalue weighted by Gasteiger charge is 2.22. The fourth-order valence-electron chi connectivity index (χ4n) is 6.89. The van der Waals surface area contributed by atoms with Crippen LogP contribution in [0.1, 0.15) is 13.7 Å². The van der Waals surface area contributed by atoms with E-state index >= 15 is 0 Å². The lowest BCUT2D eigenvalue weighted by Gasteiger charge is -2.12. The molecule has 7 aromatic carbocycles. The number of fused-ring (bicyclic) bond motifs is 10. The van der Waals surface area contributed by atoms with Gasteiger partial charge in [-0.1, -0.05) is 121 Å². The van der Waals surface area contributed by atoms with Gasteiger partial charge in [-0.15, -0.1) is 0 Å². The van der Waals surface area contributed by atoms with E-state index in [1.807, 2.05) is 97.1 Å². The maximum absolute atomic E-state index is 9.55. The number of furan rings is 2. The molecule has 4 aromatic heterocycles. The van der Waals surface area contributed by atoms with Crippen molar-refractivity contribution in [2.75, 3.05) is 0 Å². The van der Waals surface area contributed by atoms with Crippen molar-refractivity contribution in [3.63, 3.8) is 0 Å². The Morgan fingerprint density at radius 3 is 2.08 bits per heavy atom. The number of rotatable bonds is 4. The molecule has 11 rings (SSSR count). The minimum atomic E-state index is -0.569. The Hall–Kier alpha value is -7.05. The van der Waals surface area contributed by atoms with Crippen LogP contribution in [0.5, 0.6) is 0 Å². The molecular weight excluding hydrogens is 629 g/mol. The molecule has 0 atom stereocenters. The standard InChI is InChI=1S/C45H26N4O2/c1-2-11-27(12-3-1)28-21-23-29(24-22-28)43-46-44(34-16-10-20-39-40(34)33-15-6-9-19-38(33)50-39)48-45(47-43)49-35-17-7-4-14-32(35)41-36(49)26-25-31-30-13-5-8-18-37(30)51-42(31)41/h1-26H/i4D,5D,7D,8D,13D,14D,17D,18D,25D,26D. The van der Waals surface area contributed by atoms with Crippen LogP contribution in [-0.4, -0.2) is 19.5 Å². The predicted octanol–water partition coefficient (Wildman–Crippen LogP) is 11.8. The largest absolute Gasteiger partial charge is 0.456 e. The summed E-state index contributed by atoms with van der Waals surface area (Å²) in [6.45, 7) is 0. The van der Waals surface area contributed by atoms with Gasteiger partial charge in [0.25, 0.3) is 0 Å². The molecule has 0 saturated heterocycles. The van der Waals surface area contributed by atoms with E-state index in [4.69, 9.17) is 32.0 Å². The maximum atomic E-state index is 9.55. The van der Waals surface area contributed by atoms with E-state index in [1.165, 1.54) is 4.57 Å². The van der Waals surface area contributed by atoms with Gasteiger partial charge in [0, 0.05) is 38.1 Å². The monoisotopic (exact) mass is 664 g/mol. The van der Waals surface area contributed by atoms with Crippen molar-refractivity contribution in [3.8, 4) is 39.9 Å². The Balaban J connectivity index is 1.30. The van der Waals surface area contributed by atoms with Crippen LogP contribution in [0.2, 0.25) is 0 Å². The Morgan fingerprint density at radius 1 is 0.451 bits per heavy atom. The van der Waals surface area contributed by atoms with Crippen LogP contribution in [0.3, 0.4) is 0 Å². The van der Waals surface area contributed by atoms with Gasteiger partial charge < -0.3 is 8.83 Å². The minimum absolute atomic E-state index is 0.00952. The summed E-state index contributed by atoms with van der Waals surface area (Å²) in [5.74, 6) is 0.257. The molecule has 0 aliphatic rings. The van der Waals surface area contributed by atoms with Crippen molar-refractivity contribution >= 4 is 65.7 Å². The average Bonchev–Trinajstić information content (AvgIpc) is 3.99. The molecule has 0 fully saturated rings. The van der Waals surface area contributed by atoms with Gasteiger partial charge >= 0.3 is 0 Å². The fourth-order valence-corrected chi connectivity index (χ4v) is 6.89. The molecular formula is C45H26N4O2. The first-order valence-corrected chi connectivity index (χ1v) is 16.1. The lowest BCUT2D eigenvalue weighted by Crippen LogP contribution is -2.06. The molecule has 6 nitrogen and oxygen atoms in total. The summed E-state index contributed by atoms with van der Waals surface area (Å²) in [6.07, 6.45) is 0. The molecule has 0 aliphatic heterocycles. The molecule has 0 aliphatic carbocycles. The third-order valence-corrected chi connectivity index (χ3v) is 9.19. The normalized spacial score (nSPS) is 14.7. The minimum Gasteiger partial charge on any atom is -0.456 e. The van der Waals surface area contributed by atoms with Gasteiger partial charge in [-0.2, -0.15) is 9.97 Å². The molecule has 11 aromatic rings. The highest BCUT2D eigenvalue weighted by Crippen LogP contribution is 2.41. The van der Waals surface area contributed by atoms with Gasteiger partial charge in [0.1, 0.15) is 22.3 Å². The molecule has 0 bridgehead atoms. The number of nitrogens with zero attached hydrogens (tertiary/aromatic N) is 4. The maximum Gasteiger partial charge on any atom is 0.238 e. The van der Waals surface area contributed by atoms with Crippen molar-refractivity contribution < 1.29 is 22.5 Å². The number of para-hydroxylation sites is 3. The molecule has 0 amide bonds. The molecule has 0 unspecified atom stereocenters. The number of aromatic nitrogens is 4. The van der Waals surface area contributed by atoms with Crippen molar-refractivity contribution in [2.24, 2.45) is 0 Å². The predicted molar refractivity (Wildman–Crippen MR) is 205 cm³/mol. The van der Waals surface area contributed by atoms with E-state index in [-0.39, 0.29) is 61.3 Å². The summed E-state index contributed by atoms with van der Waals surface area (Å²) < 4.78 is 103. The highest BCUT2D eigenvalue weighted by molar-refractivity contribution is 6.23. The van der Waals surface area contributed by atoms with Crippen LogP contribution < -0.4 is 0 Å². The van der Waals surface area contributed by atoms with Crippen LogP contribution in [0.25, 0.3) is 106 Å². The SMILES string of the molecule is [2H]c1c([2H])c([2H])c2c(oc3c2c([2H])c([2H])c2c3c3c([2H])c([2H])c([2H])c([2H])c3n2-c2nc(-c3ccc(-c4ccccc4)cc3)nc(-c3cccc4oc5ccccc5c34)n2)c1[2H]. The Kier molecular flexibility index (Phi) is 4.17. The van der Waals surface area contributed by atoms with E-state index in [1.54, 1.807) is 0 Å². The molecule has 6 heteroatoms. The molecule has 0 N–H and O–H groups in total. The fraction of sp³-hybridized carbons (Fsp3) is 0. The third-order valence-electron chi connectivity index (χ3n) is 9.19. The second-order valence-corrected chi connectivity index (χ2v) is 12.0. The summed E-state index contributed by atoms with van der Waals surface area (Å²) in [4.78, 5) is 15.0. The van der Waals surface area contributed by atoms with Gasteiger partial charge in [-0.3, -0.25) is 4.57 Å². The van der Waals surface area contributed by atoms with Gasteiger partial charge in [0.05, 0.1) is 30.1 Å². The van der Waals surface area contributed by atoms with Gasteiger partial charge in [-0.05, 0) is 47.4 Å². The van der Waals surface area contributed by atoms with Crippen molar-refractivity contribution in [1.82, 2.24) is 19.5 Å². The lowest BCUT2D eigenvalue weighted by molar-refractivity contribution is 0.669. The zero-order chi connectivity index (χ0) is 42.2. The number of hydrogen-bond donors (Lipinski definition) is 0. The molecule has 238 valence electrons. The smallest absolute Gasteiger partial charge is 0.238 e. The van der Waals surface area contributed by atoms with E-state index in [0.29, 0.717) is 22.3 Å². The first-order valence-electron chi connectivity index (χ1n) is 21.1. The van der Waals surface area contributed by atoms with Gasteiger partial charge in [-0.25, -0.2) is 4.98 Å². The zero-order valence-electron chi connectivity index (χ0n) is 36.3. The van der Waals surface area contributed by atoms with E-state index in [2.05, 4.69) is 0 Å². The third kappa shape index (κ3) is 4.20. The molecule has 0 radical (unpaired) electrons. The Labute approximate surface area is 304 Å². The molecule has 4 heterocycles. The molecule has 51 heavy (non-hydrogen) atoms. The second kappa shape index (κ2) is 10.7. The van der Waals surface area contributed by atoms with Crippen LogP contribution in [0.4, 0.5) is 0 Å². The van der Waals surface area contributed by atoms with Crippen molar-refractivity contribution in [2.45, 2.75) is 0 Å². The summed E-state index contributed by atoms with van der Waals surface area (Å²) in [6, 6.07) is 25.4. The Bertz CT molecular complexity index is 3710. The summed E-state index contributed by atoms with van der Waals surface area (Å²) in [5, 5.41) is 1.23. The van der Waals surface area contributed by atoms with E-state index in [0.717, 1.165) is 21.9 Å². The van der Waals surface area contributed by atoms with Gasteiger partial charge in [0.2, 0.25) is 5.95 Å². The number of benzene rings is 7. The number of hydrogen-bond acceptors (Lipinski definition) is 5. The van der Waals surface area contributed by atoms with Crippen LogP contribution in [0.15, 0.2) is 166 Å². The summed E-state index contributed by atoms with van der Waals surface area (Å²) in [5.41, 5.74) is 3.73. The van der Waals surface area contributed by atoms with Crippen LogP contribution in [-0.2, 0) is 0 Å². The molecule has 0 spiro atoms. The summed E-state index contributed by atoms with van der Waals surface area (Å²) >= 11 is 0.